The number of nitrogens with zero attached hydrogens (tertiary/aromatic N) is 1. The number of carbonyl (C=O) groups excluding carboxylic acids is 2. The third kappa shape index (κ3) is 3.85. The van der Waals surface area contributed by atoms with Crippen molar-refractivity contribution in [3.05, 3.63) is 29.8 Å². The zero-order valence-corrected chi connectivity index (χ0v) is 13.2. The van der Waals surface area contributed by atoms with E-state index in [1.165, 1.54) is 4.90 Å². The van der Waals surface area contributed by atoms with Crippen molar-refractivity contribution >= 4 is 17.5 Å². The lowest BCUT2D eigenvalue weighted by molar-refractivity contribution is -0.142. The van der Waals surface area contributed by atoms with E-state index in [4.69, 9.17) is 0 Å². The second-order valence-electron chi connectivity index (χ2n) is 5.91. The quantitative estimate of drug-likeness (QED) is 0.834. The molecule has 2 unspecified atom stereocenters. The maximum Gasteiger partial charge on any atom is 0.313 e. The topological polar surface area (TPSA) is 69.6 Å². The highest BCUT2D eigenvalue weighted by Crippen LogP contribution is 2.26. The van der Waals surface area contributed by atoms with Gasteiger partial charge in [0.2, 0.25) is 0 Å². The van der Waals surface area contributed by atoms with Gasteiger partial charge in [-0.15, -0.1) is 0 Å². The van der Waals surface area contributed by atoms with Crippen LogP contribution >= 0.6 is 0 Å². The molecule has 0 saturated heterocycles. The summed E-state index contributed by atoms with van der Waals surface area (Å²) in [6.07, 6.45) is 3.08. The molecule has 2 rings (SSSR count). The number of para-hydroxylation sites is 1. The number of hydrogen-bond acceptors (Lipinski definition) is 3. The third-order valence-corrected chi connectivity index (χ3v) is 4.31. The highest BCUT2D eigenvalue weighted by molar-refractivity contribution is 6.39. The third-order valence-electron chi connectivity index (χ3n) is 4.31. The number of benzene rings is 1. The number of nitrogens with one attached hydrogen (secondary N) is 1. The van der Waals surface area contributed by atoms with Crippen LogP contribution in [0.4, 0.5) is 5.69 Å². The fourth-order valence-corrected chi connectivity index (χ4v) is 2.96. The monoisotopic (exact) mass is 304 g/mol. The minimum atomic E-state index is -0.629. The molecule has 0 aromatic heterocycles. The van der Waals surface area contributed by atoms with Gasteiger partial charge >= 0.3 is 11.8 Å². The molecule has 0 spiro atoms. The van der Waals surface area contributed by atoms with Gasteiger partial charge in [-0.25, -0.2) is 0 Å². The summed E-state index contributed by atoms with van der Waals surface area (Å²) in [7, 11) is 1.61. The molecule has 0 radical (unpaired) electrons. The average Bonchev–Trinajstić information content (AvgIpc) is 2.92. The minimum Gasteiger partial charge on any atom is -0.393 e. The van der Waals surface area contributed by atoms with E-state index in [1.807, 2.05) is 25.1 Å². The van der Waals surface area contributed by atoms with E-state index < -0.39 is 11.8 Å². The van der Waals surface area contributed by atoms with Gasteiger partial charge in [0.1, 0.15) is 0 Å². The summed E-state index contributed by atoms with van der Waals surface area (Å²) in [6.45, 7) is 2.42. The van der Waals surface area contributed by atoms with Gasteiger partial charge in [-0.2, -0.15) is 0 Å². The van der Waals surface area contributed by atoms with E-state index in [2.05, 4.69) is 5.32 Å². The first kappa shape index (κ1) is 16.5. The lowest BCUT2D eigenvalue weighted by atomic mass is 10.1. The van der Waals surface area contributed by atoms with Crippen molar-refractivity contribution in [2.75, 3.05) is 18.9 Å². The van der Waals surface area contributed by atoms with Crippen molar-refractivity contribution in [3.63, 3.8) is 0 Å². The number of aryl methyl sites for hydroxylation is 1. The van der Waals surface area contributed by atoms with Crippen molar-refractivity contribution in [3.8, 4) is 0 Å². The first-order chi connectivity index (χ1) is 10.5. The van der Waals surface area contributed by atoms with Crippen molar-refractivity contribution in [1.82, 2.24) is 4.90 Å². The van der Waals surface area contributed by atoms with Crippen LogP contribution in [0.5, 0.6) is 0 Å². The normalized spacial score (nSPS) is 20.7. The number of aliphatic hydroxyl groups excluding tert-OH is 1. The highest BCUT2D eigenvalue weighted by Gasteiger charge is 2.29. The van der Waals surface area contributed by atoms with E-state index in [9.17, 15) is 14.7 Å². The van der Waals surface area contributed by atoms with Gasteiger partial charge in [0, 0.05) is 25.2 Å². The van der Waals surface area contributed by atoms with Gasteiger partial charge in [-0.3, -0.25) is 9.59 Å². The highest BCUT2D eigenvalue weighted by atomic mass is 16.3. The number of rotatable bonds is 4. The van der Waals surface area contributed by atoms with E-state index in [1.54, 1.807) is 13.1 Å². The van der Waals surface area contributed by atoms with Crippen molar-refractivity contribution < 1.29 is 14.7 Å². The van der Waals surface area contributed by atoms with Crippen LogP contribution in [0.25, 0.3) is 0 Å². The molecule has 1 aliphatic rings. The average molecular weight is 304 g/mol. The zero-order valence-electron chi connectivity index (χ0n) is 13.2. The molecule has 5 heteroatoms. The van der Waals surface area contributed by atoms with E-state index in [0.29, 0.717) is 12.2 Å². The fraction of sp³-hybridized carbons (Fsp3) is 0.529. The molecule has 0 bridgehead atoms. The van der Waals surface area contributed by atoms with Crippen LogP contribution in [0.2, 0.25) is 0 Å². The van der Waals surface area contributed by atoms with Gasteiger partial charge in [0.25, 0.3) is 0 Å². The maximum atomic E-state index is 12.2. The number of aliphatic hydroxyl groups is 1. The molecule has 2 atom stereocenters. The molecule has 1 fully saturated rings. The molecular formula is C17H24N2O3. The first-order valence-electron chi connectivity index (χ1n) is 7.85. The molecular weight excluding hydrogens is 280 g/mol. The molecule has 2 N–H and O–H groups in total. The summed E-state index contributed by atoms with van der Waals surface area (Å²) >= 11 is 0. The first-order valence-corrected chi connectivity index (χ1v) is 7.85. The summed E-state index contributed by atoms with van der Waals surface area (Å²) in [6, 6.07) is 7.46. The number of amides is 2. The molecule has 0 aliphatic heterocycles. The van der Waals surface area contributed by atoms with Crippen molar-refractivity contribution in [2.24, 2.45) is 5.92 Å². The van der Waals surface area contributed by atoms with E-state index in [-0.39, 0.29) is 12.0 Å². The lowest BCUT2D eigenvalue weighted by Gasteiger charge is -2.23. The molecule has 1 aliphatic carbocycles. The number of likely N-dealkylation sites (N-methyl/N-ethyl adjacent to an activating group) is 1. The second-order valence-corrected chi connectivity index (χ2v) is 5.91. The Kier molecular flexibility index (Phi) is 5.55. The van der Waals surface area contributed by atoms with Crippen LogP contribution in [0.1, 0.15) is 31.7 Å². The van der Waals surface area contributed by atoms with E-state index >= 15 is 0 Å². The standard InChI is InChI=1S/C17H24N2O3/c1-3-12-7-4-5-9-14(12)18-16(21)17(22)19(2)11-13-8-6-10-15(13)20/h4-5,7,9,13,15,20H,3,6,8,10-11H2,1-2H3,(H,18,21). The van der Waals surface area contributed by atoms with Crippen molar-refractivity contribution in [2.45, 2.75) is 38.7 Å². The zero-order chi connectivity index (χ0) is 16.1. The number of carbonyl (C=O) groups is 2. The van der Waals surface area contributed by atoms with Crippen LogP contribution in [0.15, 0.2) is 24.3 Å². The molecule has 22 heavy (non-hydrogen) atoms. The Bertz CT molecular complexity index is 544. The van der Waals surface area contributed by atoms with Gasteiger partial charge in [-0.05, 0) is 30.9 Å². The summed E-state index contributed by atoms with van der Waals surface area (Å²) in [5, 5.41) is 12.5. The van der Waals surface area contributed by atoms with Crippen LogP contribution in [0, 0.1) is 5.92 Å². The summed E-state index contributed by atoms with van der Waals surface area (Å²) < 4.78 is 0. The number of hydrogen-bond donors (Lipinski definition) is 2. The molecule has 0 heterocycles. The smallest absolute Gasteiger partial charge is 0.313 e. The van der Waals surface area contributed by atoms with E-state index in [0.717, 1.165) is 31.2 Å². The summed E-state index contributed by atoms with van der Waals surface area (Å²) in [5.74, 6) is -1.12. The fourth-order valence-electron chi connectivity index (χ4n) is 2.96. The Morgan fingerprint density at radius 3 is 2.68 bits per heavy atom. The largest absolute Gasteiger partial charge is 0.393 e. The Balaban J connectivity index is 1.95. The lowest BCUT2D eigenvalue weighted by Crippen LogP contribution is -2.41. The molecule has 5 nitrogen and oxygen atoms in total. The molecule has 1 aromatic carbocycles. The Labute approximate surface area is 131 Å². The molecule has 120 valence electrons. The SMILES string of the molecule is CCc1ccccc1NC(=O)C(=O)N(C)CC1CCCC1O. The Morgan fingerprint density at radius 1 is 1.32 bits per heavy atom. The molecule has 2 amide bonds. The van der Waals surface area contributed by atoms with Crippen LogP contribution in [0.3, 0.4) is 0 Å². The summed E-state index contributed by atoms with van der Waals surface area (Å²) in [4.78, 5) is 25.7. The molecule has 1 aromatic rings. The van der Waals surface area contributed by atoms with Gasteiger partial charge in [0.05, 0.1) is 6.10 Å². The maximum absolute atomic E-state index is 12.2. The van der Waals surface area contributed by atoms with Crippen LogP contribution in [-0.2, 0) is 16.0 Å². The number of anilines is 1. The van der Waals surface area contributed by atoms with Gasteiger partial charge in [0.15, 0.2) is 0 Å². The van der Waals surface area contributed by atoms with Crippen molar-refractivity contribution in [1.29, 1.82) is 0 Å². The molecule has 1 saturated carbocycles. The predicted octanol–water partition coefficient (Wildman–Crippen LogP) is 1.81. The Hall–Kier alpha value is -1.88. The minimum absolute atomic E-state index is 0.0738. The van der Waals surface area contributed by atoms with Gasteiger partial charge in [-0.1, -0.05) is 31.5 Å². The predicted molar refractivity (Wildman–Crippen MR) is 85.4 cm³/mol. The van der Waals surface area contributed by atoms with Gasteiger partial charge < -0.3 is 15.3 Å². The Morgan fingerprint density at radius 2 is 2.05 bits per heavy atom. The summed E-state index contributed by atoms with van der Waals surface area (Å²) in [5.41, 5.74) is 1.68. The second kappa shape index (κ2) is 7.40. The van der Waals surface area contributed by atoms with Crippen LogP contribution in [-0.4, -0.2) is 41.5 Å². The van der Waals surface area contributed by atoms with Crippen LogP contribution < -0.4 is 5.32 Å².